The van der Waals surface area contributed by atoms with Crippen LogP contribution in [0.15, 0.2) is 53.1 Å². The van der Waals surface area contributed by atoms with Gasteiger partial charge in [-0.05, 0) is 55.2 Å². The van der Waals surface area contributed by atoms with E-state index in [-0.39, 0.29) is 23.8 Å². The minimum Gasteiger partial charge on any atom is -0.337 e. The Balaban J connectivity index is 1.39. The monoisotopic (exact) mass is 366 g/mol. The molecule has 2 N–H and O–H groups in total. The summed E-state index contributed by atoms with van der Waals surface area (Å²) in [7, 11) is 0. The smallest absolute Gasteiger partial charge is 0.315 e. The molecule has 0 saturated carbocycles. The lowest BCUT2D eigenvalue weighted by molar-refractivity contribution is 0.230. The molecule has 0 saturated heterocycles. The van der Waals surface area contributed by atoms with Crippen LogP contribution >= 0.6 is 0 Å². The molecule has 1 aromatic heterocycles. The maximum Gasteiger partial charge on any atom is 0.315 e. The summed E-state index contributed by atoms with van der Waals surface area (Å²) in [5, 5.41) is 9.72. The van der Waals surface area contributed by atoms with Crippen LogP contribution in [0.5, 0.6) is 0 Å². The first-order chi connectivity index (χ1) is 13.1. The summed E-state index contributed by atoms with van der Waals surface area (Å²) >= 11 is 0. The Bertz CT molecular complexity index is 955. The quantitative estimate of drug-likeness (QED) is 0.733. The minimum absolute atomic E-state index is 0.00543. The van der Waals surface area contributed by atoms with Crippen LogP contribution in [0.2, 0.25) is 0 Å². The van der Waals surface area contributed by atoms with Crippen LogP contribution in [-0.4, -0.2) is 16.2 Å². The van der Waals surface area contributed by atoms with Crippen LogP contribution < -0.4 is 10.6 Å². The number of urea groups is 1. The number of halogens is 1. The number of benzene rings is 2. The van der Waals surface area contributed by atoms with Gasteiger partial charge < -0.3 is 15.2 Å². The molecule has 4 rings (SSSR count). The molecule has 6 nitrogen and oxygen atoms in total. The predicted octanol–water partition coefficient (Wildman–Crippen LogP) is 3.92. The molecule has 2 atom stereocenters. The largest absolute Gasteiger partial charge is 0.337 e. The third kappa shape index (κ3) is 3.67. The lowest BCUT2D eigenvalue weighted by atomic mass is 10.1. The summed E-state index contributed by atoms with van der Waals surface area (Å²) < 4.78 is 18.3. The summed E-state index contributed by atoms with van der Waals surface area (Å²) in [6.07, 6.45) is 1.85. The molecule has 0 fully saturated rings. The van der Waals surface area contributed by atoms with E-state index in [1.807, 2.05) is 18.2 Å². The first kappa shape index (κ1) is 17.2. The number of fused-ring (bicyclic) bond motifs is 1. The van der Waals surface area contributed by atoms with Gasteiger partial charge >= 0.3 is 6.03 Å². The molecule has 2 amide bonds. The first-order valence-corrected chi connectivity index (χ1v) is 8.84. The molecule has 27 heavy (non-hydrogen) atoms. The van der Waals surface area contributed by atoms with Crippen LogP contribution in [0.1, 0.15) is 42.4 Å². The maximum atomic E-state index is 13.0. The lowest BCUT2D eigenvalue weighted by Crippen LogP contribution is -2.38. The number of rotatable bonds is 4. The van der Waals surface area contributed by atoms with E-state index in [1.165, 1.54) is 17.7 Å². The van der Waals surface area contributed by atoms with Gasteiger partial charge in [-0.15, -0.1) is 0 Å². The van der Waals surface area contributed by atoms with Crippen LogP contribution in [0, 0.1) is 5.82 Å². The molecule has 138 valence electrons. The highest BCUT2D eigenvalue weighted by Gasteiger charge is 2.24. The van der Waals surface area contributed by atoms with Gasteiger partial charge in [-0.3, -0.25) is 0 Å². The second-order valence-electron chi connectivity index (χ2n) is 6.59. The van der Waals surface area contributed by atoms with Gasteiger partial charge in [0.15, 0.2) is 0 Å². The minimum atomic E-state index is -0.455. The van der Waals surface area contributed by atoms with Gasteiger partial charge in [0.1, 0.15) is 11.9 Å². The van der Waals surface area contributed by atoms with Crippen molar-refractivity contribution in [2.45, 2.75) is 31.8 Å². The van der Waals surface area contributed by atoms with E-state index in [9.17, 15) is 9.18 Å². The van der Waals surface area contributed by atoms with E-state index < -0.39 is 6.04 Å². The molecule has 1 aliphatic rings. The second-order valence-corrected chi connectivity index (χ2v) is 6.59. The molecule has 1 aliphatic carbocycles. The van der Waals surface area contributed by atoms with E-state index in [0.29, 0.717) is 11.4 Å². The van der Waals surface area contributed by atoms with Crippen molar-refractivity contribution in [3.63, 3.8) is 0 Å². The number of nitrogens with one attached hydrogen (secondary N) is 2. The summed E-state index contributed by atoms with van der Waals surface area (Å²) in [6.45, 7) is 1.77. The van der Waals surface area contributed by atoms with Crippen molar-refractivity contribution >= 4 is 6.03 Å². The van der Waals surface area contributed by atoms with Crippen molar-refractivity contribution in [3.05, 3.63) is 71.4 Å². The highest BCUT2D eigenvalue weighted by atomic mass is 19.1. The molecule has 0 spiro atoms. The van der Waals surface area contributed by atoms with E-state index >= 15 is 0 Å². The molecule has 1 heterocycles. The van der Waals surface area contributed by atoms with Gasteiger partial charge in [-0.25, -0.2) is 9.18 Å². The Morgan fingerprint density at radius 3 is 2.81 bits per heavy atom. The molecule has 3 aromatic rings. The highest BCUT2D eigenvalue weighted by molar-refractivity contribution is 5.75. The number of amides is 2. The number of nitrogens with zero attached hydrogens (tertiary/aromatic N) is 2. The first-order valence-electron chi connectivity index (χ1n) is 8.84. The Kier molecular flexibility index (Phi) is 4.58. The molecule has 0 bridgehead atoms. The molecule has 0 unspecified atom stereocenters. The second kappa shape index (κ2) is 7.19. The maximum absolute atomic E-state index is 13.0. The van der Waals surface area contributed by atoms with Crippen LogP contribution in [0.4, 0.5) is 9.18 Å². The van der Waals surface area contributed by atoms with Gasteiger partial charge in [0.05, 0.1) is 6.04 Å². The van der Waals surface area contributed by atoms with Crippen molar-refractivity contribution in [1.82, 2.24) is 20.8 Å². The number of aryl methyl sites for hydroxylation is 1. The number of carbonyl (C=O) groups is 1. The SMILES string of the molecule is C[C@@H](NC(=O)N[C@@H]1CCc2ccccc21)c1nc(-c2ccc(F)cc2)no1. The zero-order valence-electron chi connectivity index (χ0n) is 14.8. The van der Waals surface area contributed by atoms with Gasteiger partial charge in [0.25, 0.3) is 0 Å². The molecule has 7 heteroatoms. The van der Waals surface area contributed by atoms with Gasteiger partial charge in [-0.2, -0.15) is 4.98 Å². The number of aromatic nitrogens is 2. The molecule has 2 aromatic carbocycles. The van der Waals surface area contributed by atoms with Gasteiger partial charge in [0, 0.05) is 5.56 Å². The fraction of sp³-hybridized carbons (Fsp3) is 0.250. The number of hydrogen-bond acceptors (Lipinski definition) is 4. The molecule has 0 aliphatic heterocycles. The third-order valence-electron chi connectivity index (χ3n) is 4.70. The van der Waals surface area contributed by atoms with Crippen molar-refractivity contribution < 1.29 is 13.7 Å². The standard InChI is InChI=1S/C20H19FN4O2/c1-12(19-24-18(25-27-19)14-6-9-15(21)10-7-14)22-20(26)23-17-11-8-13-4-2-3-5-16(13)17/h2-7,9-10,12,17H,8,11H2,1H3,(H2,22,23,26)/t12-,17-/m1/s1. The molecular weight excluding hydrogens is 347 g/mol. The van der Waals surface area contributed by atoms with Crippen molar-refractivity contribution in [2.24, 2.45) is 0 Å². The topological polar surface area (TPSA) is 80.0 Å². The fourth-order valence-electron chi connectivity index (χ4n) is 3.29. The summed E-state index contributed by atoms with van der Waals surface area (Å²) in [5.41, 5.74) is 3.08. The van der Waals surface area contributed by atoms with Crippen molar-refractivity contribution in [1.29, 1.82) is 0 Å². The predicted molar refractivity (Wildman–Crippen MR) is 97.3 cm³/mol. The van der Waals surface area contributed by atoms with Crippen molar-refractivity contribution in [3.8, 4) is 11.4 Å². The van der Waals surface area contributed by atoms with E-state index in [2.05, 4.69) is 26.8 Å². The summed E-state index contributed by atoms with van der Waals surface area (Å²) in [4.78, 5) is 16.6. The Hall–Kier alpha value is -3.22. The fourth-order valence-corrected chi connectivity index (χ4v) is 3.29. The zero-order valence-corrected chi connectivity index (χ0v) is 14.8. The lowest BCUT2D eigenvalue weighted by Gasteiger charge is -2.16. The van der Waals surface area contributed by atoms with E-state index in [0.717, 1.165) is 18.4 Å². The van der Waals surface area contributed by atoms with Gasteiger partial charge in [0.2, 0.25) is 11.7 Å². The van der Waals surface area contributed by atoms with Crippen LogP contribution in [0.25, 0.3) is 11.4 Å². The van der Waals surface area contributed by atoms with E-state index in [4.69, 9.17) is 4.52 Å². The average Bonchev–Trinajstić information content (AvgIpc) is 3.30. The van der Waals surface area contributed by atoms with Gasteiger partial charge in [-0.1, -0.05) is 29.4 Å². The van der Waals surface area contributed by atoms with Crippen LogP contribution in [-0.2, 0) is 6.42 Å². The Labute approximate surface area is 155 Å². The average molecular weight is 366 g/mol. The highest BCUT2D eigenvalue weighted by Crippen LogP contribution is 2.30. The zero-order chi connectivity index (χ0) is 18.8. The normalized spacial score (nSPS) is 16.6. The molecular formula is C20H19FN4O2. The Morgan fingerprint density at radius 2 is 2.00 bits per heavy atom. The van der Waals surface area contributed by atoms with Crippen molar-refractivity contribution in [2.75, 3.05) is 0 Å². The Morgan fingerprint density at radius 1 is 1.22 bits per heavy atom. The number of carbonyl (C=O) groups excluding carboxylic acids is 1. The van der Waals surface area contributed by atoms with E-state index in [1.54, 1.807) is 19.1 Å². The molecule has 0 radical (unpaired) electrons. The summed E-state index contributed by atoms with van der Waals surface area (Å²) in [5.74, 6) is 0.308. The summed E-state index contributed by atoms with van der Waals surface area (Å²) in [6, 6.07) is 13.2. The number of hydrogen-bond donors (Lipinski definition) is 2. The van der Waals surface area contributed by atoms with Crippen LogP contribution in [0.3, 0.4) is 0 Å². The third-order valence-corrected chi connectivity index (χ3v) is 4.70.